The van der Waals surface area contributed by atoms with Crippen LogP contribution in [0.2, 0.25) is 0 Å². The van der Waals surface area contributed by atoms with Gasteiger partial charge in [-0.1, -0.05) is 66.7 Å². The fourth-order valence-corrected chi connectivity index (χ4v) is 5.94. The van der Waals surface area contributed by atoms with Crippen LogP contribution in [0.5, 0.6) is 0 Å². The van der Waals surface area contributed by atoms with Gasteiger partial charge < -0.3 is 4.74 Å². The molecule has 1 aromatic heterocycles. The van der Waals surface area contributed by atoms with Crippen molar-refractivity contribution in [3.63, 3.8) is 0 Å². The molecule has 0 saturated carbocycles. The summed E-state index contributed by atoms with van der Waals surface area (Å²) in [7, 11) is 1.97. The Labute approximate surface area is 263 Å². The van der Waals surface area contributed by atoms with Crippen molar-refractivity contribution in [2.75, 3.05) is 38.5 Å². The number of rotatable bonds is 10. The number of nitrogens with one attached hydrogen (secondary N) is 1. The molecule has 6 rings (SSSR count). The summed E-state index contributed by atoms with van der Waals surface area (Å²) >= 11 is 0. The molecule has 4 aromatic rings. The fourth-order valence-electron chi connectivity index (χ4n) is 5.94. The minimum absolute atomic E-state index is 0.139. The maximum absolute atomic E-state index is 12.8. The van der Waals surface area contributed by atoms with Crippen molar-refractivity contribution in [3.05, 3.63) is 120 Å². The number of pyridine rings is 1. The molecule has 2 aliphatic rings. The third kappa shape index (κ3) is 7.28. The fraction of sp³-hybridized carbons (Fsp3) is 0.278. The number of carbonyl (C=O) groups excluding carboxylic acids is 3. The molecule has 1 saturated heterocycles. The molecule has 1 fully saturated rings. The standard InChI is InChI=1S/C36H37N5O4/c1-39(22-23-41-34(42)31-15-5-6-16-32(31)35(41)43)24-27-12-9-13-28(37-27)25-40-20-18-29(19-21-40)45-36(44)38-33-17-8-7-14-30(33)26-10-3-2-4-11-26/h2-17,29H,18-25H2,1H3,(H,38,44). The zero-order valence-corrected chi connectivity index (χ0v) is 25.4. The highest BCUT2D eigenvalue weighted by Crippen LogP contribution is 2.28. The summed E-state index contributed by atoms with van der Waals surface area (Å²) in [5.74, 6) is -0.459. The number of anilines is 1. The third-order valence-electron chi connectivity index (χ3n) is 8.32. The van der Waals surface area contributed by atoms with E-state index in [1.165, 1.54) is 4.90 Å². The Hall–Kier alpha value is -4.86. The molecule has 3 heterocycles. The molecule has 0 bridgehead atoms. The van der Waals surface area contributed by atoms with Gasteiger partial charge in [0.15, 0.2) is 0 Å². The number of imide groups is 1. The van der Waals surface area contributed by atoms with Crippen molar-refractivity contribution < 1.29 is 19.1 Å². The lowest BCUT2D eigenvalue weighted by molar-refractivity contribution is 0.0561. The first-order chi connectivity index (χ1) is 21.9. The number of amides is 3. The Bertz CT molecular complexity index is 1630. The molecule has 0 aliphatic carbocycles. The second-order valence-electron chi connectivity index (χ2n) is 11.6. The van der Waals surface area contributed by atoms with Gasteiger partial charge in [0.2, 0.25) is 0 Å². The first-order valence-electron chi connectivity index (χ1n) is 15.4. The van der Waals surface area contributed by atoms with Crippen molar-refractivity contribution in [2.45, 2.75) is 32.0 Å². The molecule has 1 N–H and O–H groups in total. The van der Waals surface area contributed by atoms with E-state index in [0.717, 1.165) is 60.7 Å². The highest BCUT2D eigenvalue weighted by Gasteiger charge is 2.34. The average Bonchev–Trinajstić information content (AvgIpc) is 3.30. The predicted molar refractivity (Wildman–Crippen MR) is 173 cm³/mol. The van der Waals surface area contributed by atoms with E-state index in [9.17, 15) is 14.4 Å². The first-order valence-corrected chi connectivity index (χ1v) is 15.4. The number of likely N-dealkylation sites (tertiary alicyclic amines) is 1. The van der Waals surface area contributed by atoms with Crippen LogP contribution in [0.25, 0.3) is 11.1 Å². The highest BCUT2D eigenvalue weighted by atomic mass is 16.6. The summed E-state index contributed by atoms with van der Waals surface area (Å²) in [6.45, 7) is 3.83. The van der Waals surface area contributed by atoms with Crippen LogP contribution >= 0.6 is 0 Å². The van der Waals surface area contributed by atoms with E-state index in [1.54, 1.807) is 24.3 Å². The van der Waals surface area contributed by atoms with Crippen molar-refractivity contribution >= 4 is 23.6 Å². The Morgan fingerprint density at radius 3 is 2.16 bits per heavy atom. The number of hydrogen-bond donors (Lipinski definition) is 1. The second-order valence-corrected chi connectivity index (χ2v) is 11.6. The van der Waals surface area contributed by atoms with Gasteiger partial charge in [-0.05, 0) is 55.8 Å². The van der Waals surface area contributed by atoms with E-state index >= 15 is 0 Å². The monoisotopic (exact) mass is 603 g/mol. The molecule has 45 heavy (non-hydrogen) atoms. The van der Waals surface area contributed by atoms with Crippen LogP contribution in [-0.2, 0) is 17.8 Å². The van der Waals surface area contributed by atoms with E-state index < -0.39 is 6.09 Å². The van der Waals surface area contributed by atoms with E-state index in [2.05, 4.69) is 15.1 Å². The van der Waals surface area contributed by atoms with E-state index in [-0.39, 0.29) is 17.9 Å². The first kappa shape index (κ1) is 30.2. The highest BCUT2D eigenvalue weighted by molar-refractivity contribution is 6.21. The molecule has 0 radical (unpaired) electrons. The Balaban J connectivity index is 0.948. The van der Waals surface area contributed by atoms with Crippen LogP contribution in [0.4, 0.5) is 10.5 Å². The topological polar surface area (TPSA) is 95.1 Å². The lowest BCUT2D eigenvalue weighted by Gasteiger charge is -2.31. The molecule has 0 spiro atoms. The van der Waals surface area contributed by atoms with Gasteiger partial charge >= 0.3 is 6.09 Å². The summed E-state index contributed by atoms with van der Waals surface area (Å²) in [4.78, 5) is 48.7. The summed E-state index contributed by atoms with van der Waals surface area (Å²) in [5.41, 5.74) is 5.58. The molecule has 9 nitrogen and oxygen atoms in total. The SMILES string of the molecule is CN(CCN1C(=O)c2ccccc2C1=O)Cc1cccc(CN2CCC(OC(=O)Nc3ccccc3-c3ccccc3)CC2)n1. The van der Waals surface area contributed by atoms with Gasteiger partial charge in [-0.3, -0.25) is 34.6 Å². The summed E-state index contributed by atoms with van der Waals surface area (Å²) < 4.78 is 5.80. The summed E-state index contributed by atoms with van der Waals surface area (Å²) in [6.07, 6.45) is 0.945. The third-order valence-corrected chi connectivity index (χ3v) is 8.32. The number of benzene rings is 3. The van der Waals surface area contributed by atoms with E-state index in [1.807, 2.05) is 79.8 Å². The number of likely N-dealkylation sites (N-methyl/N-ethyl adjacent to an activating group) is 1. The number of para-hydroxylation sites is 1. The molecule has 230 valence electrons. The van der Waals surface area contributed by atoms with Crippen LogP contribution < -0.4 is 5.32 Å². The van der Waals surface area contributed by atoms with Crippen LogP contribution in [0.3, 0.4) is 0 Å². The van der Waals surface area contributed by atoms with Crippen LogP contribution in [0.15, 0.2) is 97.1 Å². The number of hydrogen-bond acceptors (Lipinski definition) is 7. The van der Waals surface area contributed by atoms with Crippen molar-refractivity contribution in [1.29, 1.82) is 0 Å². The van der Waals surface area contributed by atoms with E-state index in [0.29, 0.717) is 30.8 Å². The quantitative estimate of drug-likeness (QED) is 0.233. The smallest absolute Gasteiger partial charge is 0.411 e. The average molecular weight is 604 g/mol. The van der Waals surface area contributed by atoms with Crippen molar-refractivity contribution in [1.82, 2.24) is 19.7 Å². The van der Waals surface area contributed by atoms with Gasteiger partial charge in [-0.15, -0.1) is 0 Å². The number of aromatic nitrogens is 1. The number of ether oxygens (including phenoxy) is 1. The molecular weight excluding hydrogens is 566 g/mol. The summed E-state index contributed by atoms with van der Waals surface area (Å²) in [5, 5.41) is 2.94. The van der Waals surface area contributed by atoms with Crippen molar-refractivity contribution in [2.24, 2.45) is 0 Å². The molecule has 0 atom stereocenters. The minimum atomic E-state index is -0.432. The normalized spacial score (nSPS) is 15.4. The lowest BCUT2D eigenvalue weighted by Crippen LogP contribution is -2.38. The van der Waals surface area contributed by atoms with Gasteiger partial charge in [0.05, 0.1) is 28.2 Å². The van der Waals surface area contributed by atoms with Crippen molar-refractivity contribution in [3.8, 4) is 11.1 Å². The maximum atomic E-state index is 12.8. The molecule has 3 aromatic carbocycles. The maximum Gasteiger partial charge on any atom is 0.411 e. The largest absolute Gasteiger partial charge is 0.446 e. The Morgan fingerprint density at radius 1 is 0.822 bits per heavy atom. The van der Waals surface area contributed by atoms with Gasteiger partial charge in [-0.25, -0.2) is 4.79 Å². The number of piperidine rings is 1. The molecular formula is C36H37N5O4. The molecule has 9 heteroatoms. The molecule has 2 aliphatic heterocycles. The van der Waals surface area contributed by atoms with E-state index in [4.69, 9.17) is 9.72 Å². The van der Waals surface area contributed by atoms with Gasteiger partial charge in [0.25, 0.3) is 11.8 Å². The lowest BCUT2D eigenvalue weighted by atomic mass is 10.0. The Morgan fingerprint density at radius 2 is 1.44 bits per heavy atom. The number of carbonyl (C=O) groups is 3. The van der Waals surface area contributed by atoms with Gasteiger partial charge in [-0.2, -0.15) is 0 Å². The van der Waals surface area contributed by atoms with Gasteiger partial charge in [0.1, 0.15) is 6.10 Å². The second kappa shape index (κ2) is 13.8. The molecule has 0 unspecified atom stereocenters. The zero-order valence-electron chi connectivity index (χ0n) is 25.4. The van der Waals surface area contributed by atoms with Crippen LogP contribution in [0, 0.1) is 0 Å². The van der Waals surface area contributed by atoms with Gasteiger partial charge in [0, 0.05) is 44.8 Å². The van der Waals surface area contributed by atoms with Crippen LogP contribution in [0.1, 0.15) is 44.9 Å². The Kier molecular flexibility index (Phi) is 9.28. The summed E-state index contributed by atoms with van der Waals surface area (Å²) in [6, 6.07) is 30.7. The molecule has 3 amide bonds. The number of fused-ring (bicyclic) bond motifs is 1. The van der Waals surface area contributed by atoms with Crippen LogP contribution in [-0.4, -0.2) is 76.9 Å². The predicted octanol–water partition coefficient (Wildman–Crippen LogP) is 5.69. The zero-order chi connectivity index (χ0) is 31.2. The minimum Gasteiger partial charge on any atom is -0.446 e. The number of nitrogens with zero attached hydrogens (tertiary/aromatic N) is 4.